The summed E-state index contributed by atoms with van der Waals surface area (Å²) in [6.07, 6.45) is 0. The first kappa shape index (κ1) is 14.7. The van der Waals surface area contributed by atoms with Crippen molar-refractivity contribution in [2.24, 2.45) is 0 Å². The number of benzene rings is 1. The van der Waals surface area contributed by atoms with Crippen LogP contribution in [0.5, 0.6) is 0 Å². The van der Waals surface area contributed by atoms with Crippen molar-refractivity contribution in [3.05, 3.63) is 41.8 Å². The lowest BCUT2D eigenvalue weighted by atomic mass is 10.3. The number of halogens is 1. The van der Waals surface area contributed by atoms with Crippen LogP contribution in [0.25, 0.3) is 0 Å². The van der Waals surface area contributed by atoms with Crippen molar-refractivity contribution < 1.29 is 4.39 Å². The lowest BCUT2D eigenvalue weighted by Crippen LogP contribution is -2.44. The molecule has 3 rings (SSSR count). The summed E-state index contributed by atoms with van der Waals surface area (Å²) >= 11 is 0. The first-order chi connectivity index (χ1) is 10.6. The van der Waals surface area contributed by atoms with Gasteiger partial charge >= 0.3 is 0 Å². The lowest BCUT2D eigenvalue weighted by molar-refractivity contribution is 0.312. The molecule has 1 aromatic heterocycles. The van der Waals surface area contributed by atoms with E-state index in [0.29, 0.717) is 5.95 Å². The Morgan fingerprint density at radius 1 is 1.05 bits per heavy atom. The molecule has 22 heavy (non-hydrogen) atoms. The van der Waals surface area contributed by atoms with E-state index in [9.17, 15) is 4.39 Å². The molecule has 0 spiro atoms. The smallest absolute Gasteiger partial charge is 0.229 e. The number of rotatable bonds is 3. The van der Waals surface area contributed by atoms with E-state index in [4.69, 9.17) is 0 Å². The third-order valence-corrected chi connectivity index (χ3v) is 3.77. The quantitative estimate of drug-likeness (QED) is 0.943. The topological polar surface area (TPSA) is 44.3 Å². The maximum atomic E-state index is 13.0. The van der Waals surface area contributed by atoms with Crippen molar-refractivity contribution in [2.45, 2.75) is 6.92 Å². The number of likely N-dealkylation sites (N-methyl/N-ethyl adjacent to an activating group) is 1. The van der Waals surface area contributed by atoms with Crippen molar-refractivity contribution in [1.82, 2.24) is 14.9 Å². The number of nitrogens with one attached hydrogen (secondary N) is 1. The molecule has 0 atom stereocenters. The summed E-state index contributed by atoms with van der Waals surface area (Å²) in [5, 5.41) is 3.13. The highest BCUT2D eigenvalue weighted by Gasteiger charge is 2.16. The number of hydrogen-bond acceptors (Lipinski definition) is 5. The molecule has 1 saturated heterocycles. The molecule has 0 saturated carbocycles. The van der Waals surface area contributed by atoms with Crippen LogP contribution in [-0.4, -0.2) is 48.1 Å². The van der Waals surface area contributed by atoms with E-state index < -0.39 is 0 Å². The van der Waals surface area contributed by atoms with E-state index in [1.54, 1.807) is 12.1 Å². The monoisotopic (exact) mass is 301 g/mol. The molecule has 1 fully saturated rings. The van der Waals surface area contributed by atoms with Gasteiger partial charge in [0, 0.05) is 43.6 Å². The van der Waals surface area contributed by atoms with Gasteiger partial charge in [-0.25, -0.2) is 9.37 Å². The van der Waals surface area contributed by atoms with E-state index in [2.05, 4.69) is 32.1 Å². The highest BCUT2D eigenvalue weighted by atomic mass is 19.1. The van der Waals surface area contributed by atoms with Gasteiger partial charge in [0.1, 0.15) is 11.6 Å². The van der Waals surface area contributed by atoms with Crippen LogP contribution in [-0.2, 0) is 0 Å². The number of hydrogen-bond donors (Lipinski definition) is 1. The van der Waals surface area contributed by atoms with E-state index in [1.807, 2.05) is 13.0 Å². The van der Waals surface area contributed by atoms with Gasteiger partial charge in [0.15, 0.2) is 0 Å². The van der Waals surface area contributed by atoms with Crippen LogP contribution in [0.15, 0.2) is 30.3 Å². The molecule has 1 aliphatic heterocycles. The number of aryl methyl sites for hydroxylation is 1. The molecule has 5 nitrogen and oxygen atoms in total. The normalized spacial score (nSPS) is 15.9. The fraction of sp³-hybridized carbons (Fsp3) is 0.375. The molecule has 0 aliphatic carbocycles. The summed E-state index contributed by atoms with van der Waals surface area (Å²) in [6, 6.07) is 8.19. The first-order valence-electron chi connectivity index (χ1n) is 7.42. The molecule has 2 aromatic rings. The second-order valence-electron chi connectivity index (χ2n) is 5.61. The van der Waals surface area contributed by atoms with Gasteiger partial charge in [-0.15, -0.1) is 0 Å². The molecule has 6 heteroatoms. The zero-order valence-corrected chi connectivity index (χ0v) is 12.9. The maximum Gasteiger partial charge on any atom is 0.229 e. The molecular formula is C16H20FN5. The molecule has 0 amide bonds. The van der Waals surface area contributed by atoms with E-state index in [1.165, 1.54) is 12.1 Å². The Bertz CT molecular complexity index is 635. The summed E-state index contributed by atoms with van der Waals surface area (Å²) < 4.78 is 13.0. The summed E-state index contributed by atoms with van der Waals surface area (Å²) in [5.41, 5.74) is 1.69. The van der Waals surface area contributed by atoms with Crippen LogP contribution in [0.2, 0.25) is 0 Å². The molecule has 0 radical (unpaired) electrons. The SMILES string of the molecule is Cc1cc(N2CCN(C)CC2)nc(Nc2ccc(F)cc2)n1. The minimum absolute atomic E-state index is 0.256. The van der Waals surface area contributed by atoms with E-state index in [0.717, 1.165) is 43.4 Å². The molecule has 1 aliphatic rings. The Labute approximate surface area is 129 Å². The average Bonchev–Trinajstić information content (AvgIpc) is 2.50. The summed E-state index contributed by atoms with van der Waals surface area (Å²) in [5.74, 6) is 1.22. The van der Waals surface area contributed by atoms with Gasteiger partial charge in [0.05, 0.1) is 0 Å². The van der Waals surface area contributed by atoms with Gasteiger partial charge in [-0.1, -0.05) is 0 Å². The Morgan fingerprint density at radius 3 is 2.41 bits per heavy atom. The molecule has 2 heterocycles. The van der Waals surface area contributed by atoms with Crippen molar-refractivity contribution >= 4 is 17.5 Å². The van der Waals surface area contributed by atoms with Crippen molar-refractivity contribution in [1.29, 1.82) is 0 Å². The van der Waals surface area contributed by atoms with Crippen molar-refractivity contribution in [3.63, 3.8) is 0 Å². The van der Waals surface area contributed by atoms with Gasteiger partial charge in [0.2, 0.25) is 5.95 Å². The molecule has 1 N–H and O–H groups in total. The minimum atomic E-state index is -0.256. The number of piperazine rings is 1. The summed E-state index contributed by atoms with van der Waals surface area (Å²) in [7, 11) is 2.13. The third-order valence-electron chi connectivity index (χ3n) is 3.77. The third kappa shape index (κ3) is 3.51. The second-order valence-corrected chi connectivity index (χ2v) is 5.61. The Balaban J connectivity index is 1.79. The number of aromatic nitrogens is 2. The molecule has 116 valence electrons. The maximum absolute atomic E-state index is 13.0. The van der Waals surface area contributed by atoms with Gasteiger partial charge in [0.25, 0.3) is 0 Å². The Morgan fingerprint density at radius 2 is 1.73 bits per heavy atom. The standard InChI is InChI=1S/C16H20FN5/c1-12-11-15(22-9-7-21(2)8-10-22)20-16(18-12)19-14-5-3-13(17)4-6-14/h3-6,11H,7-10H2,1-2H3,(H,18,19,20). The van der Waals surface area contributed by atoms with Crippen molar-refractivity contribution in [2.75, 3.05) is 43.4 Å². The predicted molar refractivity (Wildman–Crippen MR) is 86.2 cm³/mol. The van der Waals surface area contributed by atoms with Gasteiger partial charge in [-0.2, -0.15) is 4.98 Å². The minimum Gasteiger partial charge on any atom is -0.354 e. The zero-order valence-electron chi connectivity index (χ0n) is 12.9. The van der Waals surface area contributed by atoms with Crippen molar-refractivity contribution in [3.8, 4) is 0 Å². The predicted octanol–water partition coefficient (Wildman–Crippen LogP) is 2.42. The first-order valence-corrected chi connectivity index (χ1v) is 7.42. The van der Waals surface area contributed by atoms with E-state index >= 15 is 0 Å². The molecular weight excluding hydrogens is 281 g/mol. The fourth-order valence-electron chi connectivity index (χ4n) is 2.47. The van der Waals surface area contributed by atoms with Crippen LogP contribution >= 0.6 is 0 Å². The second kappa shape index (κ2) is 6.27. The van der Waals surface area contributed by atoms with Crippen LogP contribution < -0.4 is 10.2 Å². The average molecular weight is 301 g/mol. The highest BCUT2D eigenvalue weighted by Crippen LogP contribution is 2.19. The lowest BCUT2D eigenvalue weighted by Gasteiger charge is -2.33. The summed E-state index contributed by atoms with van der Waals surface area (Å²) in [4.78, 5) is 13.6. The van der Waals surface area contributed by atoms with Crippen LogP contribution in [0.4, 0.5) is 21.8 Å². The summed E-state index contributed by atoms with van der Waals surface area (Å²) in [6.45, 7) is 5.94. The Kier molecular flexibility index (Phi) is 4.20. The largest absolute Gasteiger partial charge is 0.354 e. The van der Waals surface area contributed by atoms with Crippen LogP contribution in [0, 0.1) is 12.7 Å². The van der Waals surface area contributed by atoms with Gasteiger partial charge < -0.3 is 15.1 Å². The molecule has 1 aromatic carbocycles. The Hall–Kier alpha value is -2.21. The molecule has 0 bridgehead atoms. The van der Waals surface area contributed by atoms with Gasteiger partial charge in [-0.3, -0.25) is 0 Å². The van der Waals surface area contributed by atoms with Gasteiger partial charge in [-0.05, 0) is 38.2 Å². The molecule has 0 unspecified atom stereocenters. The van der Waals surface area contributed by atoms with E-state index in [-0.39, 0.29) is 5.82 Å². The number of nitrogens with zero attached hydrogens (tertiary/aromatic N) is 4. The number of anilines is 3. The fourth-order valence-corrected chi connectivity index (χ4v) is 2.47. The highest BCUT2D eigenvalue weighted by molar-refractivity contribution is 5.55. The van der Waals surface area contributed by atoms with Crippen LogP contribution in [0.1, 0.15) is 5.69 Å². The zero-order chi connectivity index (χ0) is 15.5. The van der Waals surface area contributed by atoms with Crippen LogP contribution in [0.3, 0.4) is 0 Å².